The molecule has 1 aliphatic carbocycles. The van der Waals surface area contributed by atoms with Crippen LogP contribution in [0, 0.1) is 5.92 Å². The first kappa shape index (κ1) is 21.6. The van der Waals surface area contributed by atoms with E-state index >= 15 is 0 Å². The Morgan fingerprint density at radius 3 is 2.28 bits per heavy atom. The van der Waals surface area contributed by atoms with Crippen LogP contribution in [0.2, 0.25) is 0 Å². The van der Waals surface area contributed by atoms with Crippen molar-refractivity contribution < 1.29 is 18.0 Å². The molecule has 1 saturated carbocycles. The Morgan fingerprint density at radius 2 is 1.72 bits per heavy atom. The predicted octanol–water partition coefficient (Wildman–Crippen LogP) is 2.21. The van der Waals surface area contributed by atoms with Crippen LogP contribution < -0.4 is 16.0 Å². The summed E-state index contributed by atoms with van der Waals surface area (Å²) in [5.74, 6) is 0.334. The molecule has 0 aromatic heterocycles. The van der Waals surface area contributed by atoms with E-state index in [0.717, 1.165) is 24.1 Å². The average Bonchev–Trinajstić information content (AvgIpc) is 3.54. The molecule has 3 rings (SSSR count). The van der Waals surface area contributed by atoms with E-state index in [4.69, 9.17) is 0 Å². The van der Waals surface area contributed by atoms with Crippen molar-refractivity contribution in [3.05, 3.63) is 29.8 Å². The summed E-state index contributed by atoms with van der Waals surface area (Å²) < 4.78 is 25.3. The van der Waals surface area contributed by atoms with Crippen LogP contribution in [-0.4, -0.2) is 49.5 Å². The summed E-state index contributed by atoms with van der Waals surface area (Å²) in [7, 11) is -3.16. The number of carbonyl (C=O) groups excluding carboxylic acids is 2. The van der Waals surface area contributed by atoms with Crippen LogP contribution in [-0.2, 0) is 14.8 Å². The zero-order valence-electron chi connectivity index (χ0n) is 17.0. The van der Waals surface area contributed by atoms with Gasteiger partial charge in [-0.05, 0) is 57.2 Å². The molecule has 2 aliphatic rings. The Bertz CT molecular complexity index is 829. The third-order valence-corrected chi connectivity index (χ3v) is 7.40. The van der Waals surface area contributed by atoms with Gasteiger partial charge < -0.3 is 16.0 Å². The highest BCUT2D eigenvalue weighted by atomic mass is 32.2. The molecule has 3 N–H and O–H groups in total. The molecule has 8 nitrogen and oxygen atoms in total. The summed E-state index contributed by atoms with van der Waals surface area (Å²) in [5, 5.41) is 8.75. The lowest BCUT2D eigenvalue weighted by Crippen LogP contribution is -2.49. The van der Waals surface area contributed by atoms with E-state index in [1.54, 1.807) is 6.92 Å². The molecule has 1 aromatic carbocycles. The maximum absolute atomic E-state index is 12.3. The lowest BCUT2D eigenvalue weighted by atomic mass is 10.1. The predicted molar refractivity (Wildman–Crippen MR) is 112 cm³/mol. The van der Waals surface area contributed by atoms with Gasteiger partial charge in [0.2, 0.25) is 15.9 Å². The van der Waals surface area contributed by atoms with Crippen molar-refractivity contribution in [1.29, 1.82) is 0 Å². The largest absolute Gasteiger partial charge is 0.335 e. The van der Waals surface area contributed by atoms with E-state index in [-0.39, 0.29) is 35.7 Å². The van der Waals surface area contributed by atoms with Crippen molar-refractivity contribution in [1.82, 2.24) is 14.9 Å². The number of nitrogens with zero attached hydrogens (tertiary/aromatic N) is 1. The summed E-state index contributed by atoms with van der Waals surface area (Å²) in [5.41, 5.74) is 1.70. The number of nitrogens with one attached hydrogen (secondary N) is 3. The molecular weight excluding hydrogens is 392 g/mol. The second kappa shape index (κ2) is 9.13. The Kier molecular flexibility index (Phi) is 6.79. The van der Waals surface area contributed by atoms with Crippen LogP contribution in [0.3, 0.4) is 0 Å². The smallest absolute Gasteiger partial charge is 0.315 e. The Morgan fingerprint density at radius 1 is 1.10 bits per heavy atom. The van der Waals surface area contributed by atoms with Crippen LogP contribution >= 0.6 is 0 Å². The molecule has 0 radical (unpaired) electrons. The number of amides is 3. The monoisotopic (exact) mass is 422 g/mol. The number of hydrogen-bond donors (Lipinski definition) is 3. The molecule has 0 spiro atoms. The molecular formula is C20H30N4O4S. The topological polar surface area (TPSA) is 108 Å². The van der Waals surface area contributed by atoms with Crippen LogP contribution in [0.1, 0.15) is 51.1 Å². The third-order valence-electron chi connectivity index (χ3n) is 5.52. The molecule has 1 saturated heterocycles. The standard InChI is InChI=1S/C20H30N4O4S/c1-3-29(27,28)24-12-10-18(11-13-24)23-20(26)21-14(2)15-6-8-17(9-7-15)22-19(25)16-4-5-16/h6-9,14,16,18H,3-5,10-13H2,1-2H3,(H,22,25)(H2,21,23,26)/t14-/m1/s1. The molecule has 1 aliphatic heterocycles. The zero-order chi connectivity index (χ0) is 21.0. The van der Waals surface area contributed by atoms with Crippen LogP contribution in [0.25, 0.3) is 0 Å². The molecule has 29 heavy (non-hydrogen) atoms. The van der Waals surface area contributed by atoms with Crippen molar-refractivity contribution in [2.24, 2.45) is 5.92 Å². The van der Waals surface area contributed by atoms with Gasteiger partial charge in [0.1, 0.15) is 0 Å². The number of hydrogen-bond acceptors (Lipinski definition) is 4. The highest BCUT2D eigenvalue weighted by Crippen LogP contribution is 2.30. The maximum atomic E-state index is 12.3. The molecule has 9 heteroatoms. The molecule has 160 valence electrons. The van der Waals surface area contributed by atoms with Crippen LogP contribution in [0.15, 0.2) is 24.3 Å². The number of sulfonamides is 1. The number of piperidine rings is 1. The second-order valence-electron chi connectivity index (χ2n) is 7.80. The summed E-state index contributed by atoms with van der Waals surface area (Å²) in [4.78, 5) is 24.1. The number of carbonyl (C=O) groups is 2. The highest BCUT2D eigenvalue weighted by Gasteiger charge is 2.29. The lowest BCUT2D eigenvalue weighted by molar-refractivity contribution is -0.117. The van der Waals surface area contributed by atoms with E-state index in [1.807, 2.05) is 31.2 Å². The summed E-state index contributed by atoms with van der Waals surface area (Å²) >= 11 is 0. The van der Waals surface area contributed by atoms with Gasteiger partial charge in [0.05, 0.1) is 11.8 Å². The SMILES string of the molecule is CCS(=O)(=O)N1CCC(NC(=O)N[C@H](C)c2ccc(NC(=O)C3CC3)cc2)CC1. The summed E-state index contributed by atoms with van der Waals surface area (Å²) in [6.07, 6.45) is 3.15. The fraction of sp³-hybridized carbons (Fsp3) is 0.600. The van der Waals surface area contributed by atoms with Crippen molar-refractivity contribution in [3.63, 3.8) is 0 Å². The molecule has 0 bridgehead atoms. The Hall–Kier alpha value is -2.13. The van der Waals surface area contributed by atoms with Gasteiger partial charge in [0, 0.05) is 30.7 Å². The molecule has 1 atom stereocenters. The molecule has 0 unspecified atom stereocenters. The van der Waals surface area contributed by atoms with E-state index in [2.05, 4.69) is 16.0 Å². The van der Waals surface area contributed by atoms with Gasteiger partial charge in [-0.15, -0.1) is 0 Å². The van der Waals surface area contributed by atoms with Crippen molar-refractivity contribution in [2.75, 3.05) is 24.2 Å². The zero-order valence-corrected chi connectivity index (χ0v) is 17.8. The average molecular weight is 423 g/mol. The Labute approximate surface area is 172 Å². The van der Waals surface area contributed by atoms with Crippen molar-refractivity contribution >= 4 is 27.6 Å². The maximum Gasteiger partial charge on any atom is 0.315 e. The van der Waals surface area contributed by atoms with E-state index in [0.29, 0.717) is 25.9 Å². The van der Waals surface area contributed by atoms with Gasteiger partial charge in [0.15, 0.2) is 0 Å². The van der Waals surface area contributed by atoms with Crippen molar-refractivity contribution in [3.8, 4) is 0 Å². The number of rotatable bonds is 7. The van der Waals surface area contributed by atoms with E-state index in [9.17, 15) is 18.0 Å². The van der Waals surface area contributed by atoms with E-state index < -0.39 is 10.0 Å². The lowest BCUT2D eigenvalue weighted by Gasteiger charge is -2.31. The number of benzene rings is 1. The van der Waals surface area contributed by atoms with E-state index in [1.165, 1.54) is 4.31 Å². The fourth-order valence-electron chi connectivity index (χ4n) is 3.41. The summed E-state index contributed by atoms with van der Waals surface area (Å²) in [6.45, 7) is 4.41. The van der Waals surface area contributed by atoms with Gasteiger partial charge >= 0.3 is 6.03 Å². The normalized spacial score (nSPS) is 19.4. The molecule has 3 amide bonds. The van der Waals surface area contributed by atoms with Crippen molar-refractivity contribution in [2.45, 2.75) is 51.6 Å². The van der Waals surface area contributed by atoms with Gasteiger partial charge in [-0.3, -0.25) is 4.79 Å². The van der Waals surface area contributed by atoms with Gasteiger partial charge in [-0.2, -0.15) is 0 Å². The van der Waals surface area contributed by atoms with Gasteiger partial charge in [0.25, 0.3) is 0 Å². The van der Waals surface area contributed by atoms with Crippen LogP contribution in [0.4, 0.5) is 10.5 Å². The third kappa shape index (κ3) is 5.93. The molecule has 1 aromatic rings. The van der Waals surface area contributed by atoms with Gasteiger partial charge in [-0.1, -0.05) is 12.1 Å². The minimum absolute atomic E-state index is 0.0366. The van der Waals surface area contributed by atoms with Crippen LogP contribution in [0.5, 0.6) is 0 Å². The number of anilines is 1. The quantitative estimate of drug-likeness (QED) is 0.626. The summed E-state index contributed by atoms with van der Waals surface area (Å²) in [6, 6.07) is 6.98. The first-order valence-corrected chi connectivity index (χ1v) is 11.8. The van der Waals surface area contributed by atoms with Gasteiger partial charge in [-0.25, -0.2) is 17.5 Å². The number of urea groups is 1. The minimum atomic E-state index is -3.16. The Balaban J connectivity index is 1.44. The first-order valence-electron chi connectivity index (χ1n) is 10.2. The molecule has 1 heterocycles. The fourth-order valence-corrected chi connectivity index (χ4v) is 4.55. The second-order valence-corrected chi connectivity index (χ2v) is 10.1. The minimum Gasteiger partial charge on any atom is -0.335 e. The highest BCUT2D eigenvalue weighted by molar-refractivity contribution is 7.89. The molecule has 2 fully saturated rings. The first-order chi connectivity index (χ1) is 13.8.